The van der Waals surface area contributed by atoms with Crippen LogP contribution in [0.5, 0.6) is 5.75 Å². The Morgan fingerprint density at radius 1 is 1.00 bits per heavy atom. The van der Waals surface area contributed by atoms with E-state index in [0.29, 0.717) is 12.1 Å². The average molecular weight is 479 g/mol. The zero-order chi connectivity index (χ0) is 24.5. The molecule has 1 amide bonds. The Hall–Kier alpha value is -3.32. The topological polar surface area (TPSA) is 75.7 Å². The second-order valence-corrected chi connectivity index (χ2v) is 11.2. The summed E-state index contributed by atoms with van der Waals surface area (Å²) >= 11 is 0. The van der Waals surface area contributed by atoms with Gasteiger partial charge >= 0.3 is 0 Å². The zero-order valence-corrected chi connectivity index (χ0v) is 20.7. The molecule has 1 atom stereocenters. The van der Waals surface area contributed by atoms with Gasteiger partial charge in [-0.3, -0.25) is 9.10 Å². The summed E-state index contributed by atoms with van der Waals surface area (Å²) in [6.45, 7) is 7.41. The van der Waals surface area contributed by atoms with E-state index in [1.54, 1.807) is 42.5 Å². The molecule has 1 N–H and O–H groups in total. The molecule has 1 aliphatic rings. The number of carbonyl (C=O) groups is 1. The lowest BCUT2D eigenvalue weighted by Crippen LogP contribution is -2.45. The van der Waals surface area contributed by atoms with Crippen molar-refractivity contribution in [2.24, 2.45) is 0 Å². The van der Waals surface area contributed by atoms with Crippen LogP contribution in [0, 0.1) is 13.8 Å². The fourth-order valence-electron chi connectivity index (χ4n) is 4.24. The Morgan fingerprint density at radius 2 is 1.71 bits per heavy atom. The first-order chi connectivity index (χ1) is 16.0. The predicted octanol–water partition coefficient (Wildman–Crippen LogP) is 4.92. The number of para-hydroxylation sites is 1. The maximum atomic E-state index is 13.6. The standard InChI is InChI=1S/C27H30N2O4S/c1-19-12-14-22(15-13-19)34(31,32)29(21-9-7-8-20(2)16-21)18-26(30)28-24-17-27(3,4)33-25-11-6-5-10-23(24)25/h5-16,24H,17-18H2,1-4H3,(H,28,30). The second-order valence-electron chi connectivity index (χ2n) is 9.39. The fraction of sp³-hybridized carbons (Fsp3) is 0.296. The summed E-state index contributed by atoms with van der Waals surface area (Å²) in [5.41, 5.74) is 2.74. The highest BCUT2D eigenvalue weighted by Gasteiger charge is 2.35. The van der Waals surface area contributed by atoms with Crippen LogP contribution >= 0.6 is 0 Å². The highest BCUT2D eigenvalue weighted by Crippen LogP contribution is 2.39. The molecule has 0 saturated heterocycles. The van der Waals surface area contributed by atoms with Crippen LogP contribution in [-0.4, -0.2) is 26.5 Å². The summed E-state index contributed by atoms with van der Waals surface area (Å²) < 4.78 is 34.5. The molecule has 0 aromatic heterocycles. The number of hydrogen-bond acceptors (Lipinski definition) is 4. The summed E-state index contributed by atoms with van der Waals surface area (Å²) in [5, 5.41) is 3.05. The molecule has 1 heterocycles. The van der Waals surface area contributed by atoms with Crippen LogP contribution in [-0.2, 0) is 14.8 Å². The van der Waals surface area contributed by atoms with Gasteiger partial charge in [-0.05, 0) is 63.6 Å². The third-order valence-corrected chi connectivity index (χ3v) is 7.69. The summed E-state index contributed by atoms with van der Waals surface area (Å²) in [6.07, 6.45) is 0.574. The number of sulfonamides is 1. The first-order valence-electron chi connectivity index (χ1n) is 11.3. The van der Waals surface area contributed by atoms with Gasteiger partial charge in [0.2, 0.25) is 5.91 Å². The molecule has 0 aliphatic carbocycles. The highest BCUT2D eigenvalue weighted by atomic mass is 32.2. The fourth-order valence-corrected chi connectivity index (χ4v) is 5.65. The zero-order valence-electron chi connectivity index (χ0n) is 19.9. The van der Waals surface area contributed by atoms with Crippen LogP contribution < -0.4 is 14.4 Å². The molecule has 0 radical (unpaired) electrons. The first kappa shape index (κ1) is 23.8. The van der Waals surface area contributed by atoms with Gasteiger partial charge in [0.15, 0.2) is 0 Å². The van der Waals surface area contributed by atoms with Crippen LogP contribution in [0.4, 0.5) is 5.69 Å². The first-order valence-corrected chi connectivity index (χ1v) is 12.7. The number of ether oxygens (including phenoxy) is 1. The number of aryl methyl sites for hydroxylation is 2. The molecule has 7 heteroatoms. The molecule has 0 spiro atoms. The number of benzene rings is 3. The van der Waals surface area contributed by atoms with Crippen molar-refractivity contribution in [2.75, 3.05) is 10.8 Å². The molecule has 6 nitrogen and oxygen atoms in total. The third kappa shape index (κ3) is 5.09. The van der Waals surface area contributed by atoms with E-state index in [9.17, 15) is 13.2 Å². The van der Waals surface area contributed by atoms with Crippen LogP contribution in [0.25, 0.3) is 0 Å². The molecule has 4 rings (SSSR count). The van der Waals surface area contributed by atoms with Gasteiger partial charge in [-0.15, -0.1) is 0 Å². The number of anilines is 1. The van der Waals surface area contributed by atoms with Crippen molar-refractivity contribution in [3.8, 4) is 5.75 Å². The third-order valence-electron chi connectivity index (χ3n) is 5.90. The van der Waals surface area contributed by atoms with Crippen molar-refractivity contribution >= 4 is 21.6 Å². The van der Waals surface area contributed by atoms with Crippen LogP contribution in [0.15, 0.2) is 77.7 Å². The van der Waals surface area contributed by atoms with Crippen molar-refractivity contribution in [2.45, 2.75) is 50.7 Å². The lowest BCUT2D eigenvalue weighted by Gasteiger charge is -2.38. The van der Waals surface area contributed by atoms with Crippen molar-refractivity contribution in [3.63, 3.8) is 0 Å². The maximum absolute atomic E-state index is 13.6. The second kappa shape index (κ2) is 9.14. The molecule has 0 saturated carbocycles. The van der Waals surface area contributed by atoms with Gasteiger partial charge in [-0.1, -0.05) is 48.0 Å². The molecule has 1 unspecified atom stereocenters. The van der Waals surface area contributed by atoms with E-state index in [-0.39, 0.29) is 23.4 Å². The van der Waals surface area contributed by atoms with Gasteiger partial charge in [0.05, 0.1) is 16.6 Å². The maximum Gasteiger partial charge on any atom is 0.264 e. The minimum Gasteiger partial charge on any atom is -0.487 e. The molecular weight excluding hydrogens is 448 g/mol. The molecule has 0 bridgehead atoms. The van der Waals surface area contributed by atoms with Gasteiger partial charge in [0, 0.05) is 12.0 Å². The lowest BCUT2D eigenvalue weighted by atomic mass is 9.89. The highest BCUT2D eigenvalue weighted by molar-refractivity contribution is 7.92. The van der Waals surface area contributed by atoms with Crippen molar-refractivity contribution in [1.82, 2.24) is 5.32 Å². The number of nitrogens with zero attached hydrogens (tertiary/aromatic N) is 1. The number of hydrogen-bond donors (Lipinski definition) is 1. The normalized spacial score (nSPS) is 16.8. The van der Waals surface area contributed by atoms with Crippen molar-refractivity contribution in [1.29, 1.82) is 0 Å². The SMILES string of the molecule is Cc1ccc(S(=O)(=O)N(CC(=O)NC2CC(C)(C)Oc3ccccc32)c2cccc(C)c2)cc1. The van der Waals surface area contributed by atoms with E-state index in [1.165, 1.54) is 4.31 Å². The van der Waals surface area contributed by atoms with Gasteiger partial charge in [-0.25, -0.2) is 8.42 Å². The smallest absolute Gasteiger partial charge is 0.264 e. The Labute approximate surface area is 201 Å². The predicted molar refractivity (Wildman–Crippen MR) is 134 cm³/mol. The van der Waals surface area contributed by atoms with Crippen LogP contribution in [0.1, 0.15) is 43.0 Å². The summed E-state index contributed by atoms with van der Waals surface area (Å²) in [7, 11) is -3.96. The molecule has 3 aromatic carbocycles. The molecule has 0 fully saturated rings. The molecule has 34 heavy (non-hydrogen) atoms. The van der Waals surface area contributed by atoms with Crippen molar-refractivity contribution < 1.29 is 17.9 Å². The van der Waals surface area contributed by atoms with E-state index in [1.807, 2.05) is 58.0 Å². The average Bonchev–Trinajstić information content (AvgIpc) is 2.77. The minimum absolute atomic E-state index is 0.143. The number of carbonyl (C=O) groups excluding carboxylic acids is 1. The van der Waals surface area contributed by atoms with Crippen LogP contribution in [0.3, 0.4) is 0 Å². The number of nitrogens with one attached hydrogen (secondary N) is 1. The van der Waals surface area contributed by atoms with E-state index in [4.69, 9.17) is 4.74 Å². The summed E-state index contributed by atoms with van der Waals surface area (Å²) in [4.78, 5) is 13.4. The number of rotatable bonds is 6. The van der Waals surface area contributed by atoms with E-state index in [2.05, 4.69) is 5.32 Å². The molecular formula is C27H30N2O4S. The molecule has 3 aromatic rings. The summed E-state index contributed by atoms with van der Waals surface area (Å²) in [6, 6.07) is 21.1. The van der Waals surface area contributed by atoms with Gasteiger partial charge in [0.25, 0.3) is 10.0 Å². The Balaban J connectivity index is 1.65. The lowest BCUT2D eigenvalue weighted by molar-refractivity contribution is -0.120. The van der Waals surface area contributed by atoms with Crippen LogP contribution in [0.2, 0.25) is 0 Å². The quantitative estimate of drug-likeness (QED) is 0.546. The number of amides is 1. The Bertz CT molecular complexity index is 1300. The van der Waals surface area contributed by atoms with Gasteiger partial charge in [-0.2, -0.15) is 0 Å². The van der Waals surface area contributed by atoms with E-state index < -0.39 is 15.6 Å². The number of fused-ring (bicyclic) bond motifs is 1. The monoisotopic (exact) mass is 478 g/mol. The van der Waals surface area contributed by atoms with Gasteiger partial charge in [0.1, 0.15) is 17.9 Å². The Morgan fingerprint density at radius 3 is 2.41 bits per heavy atom. The largest absolute Gasteiger partial charge is 0.487 e. The van der Waals surface area contributed by atoms with E-state index >= 15 is 0 Å². The summed E-state index contributed by atoms with van der Waals surface area (Å²) in [5.74, 6) is 0.349. The van der Waals surface area contributed by atoms with E-state index in [0.717, 1.165) is 22.4 Å². The minimum atomic E-state index is -3.96. The molecule has 178 valence electrons. The van der Waals surface area contributed by atoms with Gasteiger partial charge < -0.3 is 10.1 Å². The van der Waals surface area contributed by atoms with Crippen molar-refractivity contribution in [3.05, 3.63) is 89.5 Å². The Kier molecular flexibility index (Phi) is 6.41. The molecule has 1 aliphatic heterocycles.